The summed E-state index contributed by atoms with van der Waals surface area (Å²) in [7, 11) is 0. The predicted molar refractivity (Wildman–Crippen MR) is 33.3 cm³/mol. The number of hydrogen-bond donors (Lipinski definition) is 4. The van der Waals surface area contributed by atoms with Crippen molar-refractivity contribution in [3.8, 4) is 0 Å². The van der Waals surface area contributed by atoms with Crippen molar-refractivity contribution in [2.45, 2.75) is 37.3 Å². The van der Waals surface area contributed by atoms with Gasteiger partial charge in [0, 0.05) is 12.8 Å². The van der Waals surface area contributed by atoms with E-state index in [2.05, 4.69) is 0 Å². The molecule has 1 saturated carbocycles. The molecule has 1 aliphatic rings. The van der Waals surface area contributed by atoms with E-state index in [-0.39, 0.29) is 12.8 Å². The zero-order valence-corrected chi connectivity index (χ0v) is 5.51. The Labute approximate surface area is 58.7 Å². The van der Waals surface area contributed by atoms with Crippen molar-refractivity contribution in [3.05, 3.63) is 0 Å². The van der Waals surface area contributed by atoms with Gasteiger partial charge in [-0.2, -0.15) is 0 Å². The third-order valence-corrected chi connectivity index (χ3v) is 1.85. The quantitative estimate of drug-likeness (QED) is 0.327. The maximum absolute atomic E-state index is 8.94. The van der Waals surface area contributed by atoms with Gasteiger partial charge in [0.05, 0.1) is 24.4 Å². The van der Waals surface area contributed by atoms with Crippen molar-refractivity contribution >= 4 is 0 Å². The predicted octanol–water partition coefficient (Wildman–Crippen LogP) is -1.78. The molecule has 4 heteroatoms. The van der Waals surface area contributed by atoms with Gasteiger partial charge in [0.15, 0.2) is 0 Å². The second kappa shape index (κ2) is 2.84. The molecule has 4 atom stereocenters. The average molecular weight is 148 g/mol. The fourth-order valence-corrected chi connectivity index (χ4v) is 1.12. The first-order valence-electron chi connectivity index (χ1n) is 3.33. The van der Waals surface area contributed by atoms with E-state index in [0.717, 1.165) is 0 Å². The Morgan fingerprint density at radius 1 is 0.600 bits per heavy atom. The molecule has 0 saturated heterocycles. The number of rotatable bonds is 0. The molecule has 0 aromatic carbocycles. The standard InChI is InChI=1S/C6H12O4/c7-3-1-4(8)6(10)2-5(3)9/h3-10H,1-2H2/t3-,4-,5-,6+/m1/s1. The monoisotopic (exact) mass is 148 g/mol. The summed E-state index contributed by atoms with van der Waals surface area (Å²) in [6, 6.07) is 0. The molecule has 0 unspecified atom stereocenters. The summed E-state index contributed by atoms with van der Waals surface area (Å²) in [5.41, 5.74) is 0. The highest BCUT2D eigenvalue weighted by Gasteiger charge is 2.32. The summed E-state index contributed by atoms with van der Waals surface area (Å²) in [4.78, 5) is 0. The molecule has 4 N–H and O–H groups in total. The lowest BCUT2D eigenvalue weighted by Gasteiger charge is -2.30. The van der Waals surface area contributed by atoms with Gasteiger partial charge in [-0.15, -0.1) is 0 Å². The van der Waals surface area contributed by atoms with Crippen LogP contribution in [0.25, 0.3) is 0 Å². The molecule has 10 heavy (non-hydrogen) atoms. The van der Waals surface area contributed by atoms with E-state index in [0.29, 0.717) is 0 Å². The van der Waals surface area contributed by atoms with Crippen LogP contribution in [0.1, 0.15) is 12.8 Å². The van der Waals surface area contributed by atoms with Crippen molar-refractivity contribution in [1.29, 1.82) is 0 Å². The van der Waals surface area contributed by atoms with Crippen LogP contribution < -0.4 is 0 Å². The Morgan fingerprint density at radius 3 is 1.00 bits per heavy atom. The van der Waals surface area contributed by atoms with Crippen molar-refractivity contribution in [1.82, 2.24) is 0 Å². The molecule has 0 aromatic rings. The van der Waals surface area contributed by atoms with Crippen molar-refractivity contribution < 1.29 is 20.4 Å². The summed E-state index contributed by atoms with van der Waals surface area (Å²) in [6.07, 6.45) is -3.45. The third kappa shape index (κ3) is 1.46. The summed E-state index contributed by atoms with van der Waals surface area (Å²) >= 11 is 0. The molecule has 1 rings (SSSR count). The number of aliphatic hydroxyl groups is 4. The Kier molecular flexibility index (Phi) is 2.25. The van der Waals surface area contributed by atoms with Crippen LogP contribution in [-0.4, -0.2) is 44.8 Å². The van der Waals surface area contributed by atoms with Gasteiger partial charge in [-0.3, -0.25) is 0 Å². The minimum absolute atomic E-state index is 0.0579. The van der Waals surface area contributed by atoms with Crippen LogP contribution in [0.5, 0.6) is 0 Å². The van der Waals surface area contributed by atoms with Crippen molar-refractivity contribution in [2.75, 3.05) is 0 Å². The fraction of sp³-hybridized carbons (Fsp3) is 1.00. The molecule has 1 aliphatic carbocycles. The Balaban J connectivity index is 2.46. The van der Waals surface area contributed by atoms with Crippen LogP contribution in [0.3, 0.4) is 0 Å². The van der Waals surface area contributed by atoms with Crippen LogP contribution >= 0.6 is 0 Å². The van der Waals surface area contributed by atoms with E-state index in [1.54, 1.807) is 0 Å². The van der Waals surface area contributed by atoms with Gasteiger partial charge in [-0.1, -0.05) is 0 Å². The normalized spacial score (nSPS) is 49.2. The summed E-state index contributed by atoms with van der Waals surface area (Å²) in [5.74, 6) is 0. The molecule has 0 aliphatic heterocycles. The van der Waals surface area contributed by atoms with Crippen LogP contribution in [-0.2, 0) is 0 Å². The SMILES string of the molecule is O[C@@H]1C[C@@H](O)[C@@H](O)C[C@H]1O. The molecule has 0 amide bonds. The Bertz CT molecular complexity index is 90.3. The van der Waals surface area contributed by atoms with E-state index >= 15 is 0 Å². The lowest BCUT2D eigenvalue weighted by molar-refractivity contribution is -0.107. The largest absolute Gasteiger partial charge is 0.390 e. The van der Waals surface area contributed by atoms with Crippen LogP contribution in [0.2, 0.25) is 0 Å². The van der Waals surface area contributed by atoms with Crippen LogP contribution in [0.4, 0.5) is 0 Å². The maximum atomic E-state index is 8.94. The highest BCUT2D eigenvalue weighted by Crippen LogP contribution is 2.19. The van der Waals surface area contributed by atoms with E-state index in [9.17, 15) is 0 Å². The lowest BCUT2D eigenvalue weighted by Crippen LogP contribution is -2.44. The second-order valence-corrected chi connectivity index (χ2v) is 2.74. The molecule has 4 nitrogen and oxygen atoms in total. The van der Waals surface area contributed by atoms with Gasteiger partial charge in [-0.05, 0) is 0 Å². The molecular weight excluding hydrogens is 136 g/mol. The van der Waals surface area contributed by atoms with Gasteiger partial charge in [0.2, 0.25) is 0 Å². The zero-order chi connectivity index (χ0) is 7.72. The van der Waals surface area contributed by atoms with Gasteiger partial charge < -0.3 is 20.4 Å². The highest BCUT2D eigenvalue weighted by molar-refractivity contribution is 4.84. The molecular formula is C6H12O4. The molecule has 0 aromatic heterocycles. The Morgan fingerprint density at radius 2 is 0.800 bits per heavy atom. The van der Waals surface area contributed by atoms with Gasteiger partial charge in [-0.25, -0.2) is 0 Å². The van der Waals surface area contributed by atoms with E-state index in [4.69, 9.17) is 20.4 Å². The maximum Gasteiger partial charge on any atom is 0.0825 e. The van der Waals surface area contributed by atoms with Crippen LogP contribution in [0, 0.1) is 0 Å². The minimum atomic E-state index is -0.890. The summed E-state index contributed by atoms with van der Waals surface area (Å²) in [5, 5.41) is 35.8. The van der Waals surface area contributed by atoms with Crippen molar-refractivity contribution in [3.63, 3.8) is 0 Å². The smallest absolute Gasteiger partial charge is 0.0825 e. The van der Waals surface area contributed by atoms with E-state index < -0.39 is 24.4 Å². The average Bonchev–Trinajstić information content (AvgIpc) is 1.84. The molecule has 0 spiro atoms. The topological polar surface area (TPSA) is 80.9 Å². The second-order valence-electron chi connectivity index (χ2n) is 2.74. The van der Waals surface area contributed by atoms with Gasteiger partial charge in [0.25, 0.3) is 0 Å². The molecule has 0 radical (unpaired) electrons. The Hall–Kier alpha value is -0.160. The number of hydrogen-bond acceptors (Lipinski definition) is 4. The first-order valence-corrected chi connectivity index (χ1v) is 3.33. The van der Waals surface area contributed by atoms with Gasteiger partial charge >= 0.3 is 0 Å². The highest BCUT2D eigenvalue weighted by atomic mass is 16.4. The molecule has 1 fully saturated rings. The molecule has 0 heterocycles. The summed E-state index contributed by atoms with van der Waals surface area (Å²) in [6.45, 7) is 0. The third-order valence-electron chi connectivity index (χ3n) is 1.85. The van der Waals surface area contributed by atoms with E-state index in [1.807, 2.05) is 0 Å². The molecule has 60 valence electrons. The van der Waals surface area contributed by atoms with Gasteiger partial charge in [0.1, 0.15) is 0 Å². The van der Waals surface area contributed by atoms with Crippen molar-refractivity contribution in [2.24, 2.45) is 0 Å². The minimum Gasteiger partial charge on any atom is -0.390 e. The first-order chi connectivity index (χ1) is 4.61. The van der Waals surface area contributed by atoms with E-state index in [1.165, 1.54) is 0 Å². The molecule has 0 bridgehead atoms. The van der Waals surface area contributed by atoms with Crippen LogP contribution in [0.15, 0.2) is 0 Å². The lowest BCUT2D eigenvalue weighted by atomic mass is 9.90. The fourth-order valence-electron chi connectivity index (χ4n) is 1.12. The zero-order valence-electron chi connectivity index (χ0n) is 5.51. The summed E-state index contributed by atoms with van der Waals surface area (Å²) < 4.78 is 0. The number of aliphatic hydroxyl groups excluding tert-OH is 4. The first kappa shape index (κ1) is 7.94.